The van der Waals surface area contributed by atoms with Gasteiger partial charge in [0.2, 0.25) is 9.84 Å². The minimum absolute atomic E-state index is 0.0834. The molecule has 0 aliphatic heterocycles. The lowest BCUT2D eigenvalue weighted by atomic mass is 10.3. The fourth-order valence-corrected chi connectivity index (χ4v) is 4.98. The number of halogens is 2. The SMILES string of the molecule is COc1ccc(Nc2nc(S(=O)(=O)c3ccc(Cl)cc3)c(Cl)s2)cc1. The zero-order valence-corrected chi connectivity index (χ0v) is 16.0. The van der Waals surface area contributed by atoms with Crippen LogP contribution in [0, 0.1) is 0 Å². The zero-order valence-electron chi connectivity index (χ0n) is 12.9. The summed E-state index contributed by atoms with van der Waals surface area (Å²) in [4.78, 5) is 4.22. The average molecular weight is 415 g/mol. The molecule has 0 saturated heterocycles. The maximum atomic E-state index is 12.7. The zero-order chi connectivity index (χ0) is 18.0. The van der Waals surface area contributed by atoms with E-state index in [0.29, 0.717) is 15.9 Å². The van der Waals surface area contributed by atoms with Crippen LogP contribution in [-0.2, 0) is 9.84 Å². The Labute approximate surface area is 159 Å². The Kier molecular flexibility index (Phi) is 5.19. The van der Waals surface area contributed by atoms with Crippen LogP contribution in [0.15, 0.2) is 58.5 Å². The van der Waals surface area contributed by atoms with Gasteiger partial charge in [0.25, 0.3) is 0 Å². The van der Waals surface area contributed by atoms with Gasteiger partial charge < -0.3 is 10.1 Å². The normalized spacial score (nSPS) is 11.3. The number of sulfone groups is 1. The van der Waals surface area contributed by atoms with E-state index in [1.165, 1.54) is 24.3 Å². The molecule has 0 fully saturated rings. The number of methoxy groups -OCH3 is 1. The Balaban J connectivity index is 1.90. The highest BCUT2D eigenvalue weighted by Gasteiger charge is 2.25. The molecular weight excluding hydrogens is 403 g/mol. The number of hydrogen-bond donors (Lipinski definition) is 1. The van der Waals surface area contributed by atoms with E-state index in [4.69, 9.17) is 27.9 Å². The molecule has 0 atom stereocenters. The maximum absolute atomic E-state index is 12.7. The molecule has 0 aliphatic carbocycles. The highest BCUT2D eigenvalue weighted by molar-refractivity contribution is 7.91. The van der Waals surface area contributed by atoms with Gasteiger partial charge in [-0.2, -0.15) is 0 Å². The van der Waals surface area contributed by atoms with Gasteiger partial charge in [0.05, 0.1) is 12.0 Å². The van der Waals surface area contributed by atoms with E-state index in [2.05, 4.69) is 10.3 Å². The monoisotopic (exact) mass is 414 g/mol. The summed E-state index contributed by atoms with van der Waals surface area (Å²) in [5, 5.41) is 3.67. The number of ether oxygens (including phenoxy) is 1. The second-order valence-electron chi connectivity index (χ2n) is 4.91. The van der Waals surface area contributed by atoms with Gasteiger partial charge >= 0.3 is 0 Å². The molecule has 0 unspecified atom stereocenters. The van der Waals surface area contributed by atoms with Crippen molar-refractivity contribution in [2.75, 3.05) is 12.4 Å². The molecule has 3 aromatic rings. The molecule has 130 valence electrons. The molecule has 1 N–H and O–H groups in total. The highest BCUT2D eigenvalue weighted by atomic mass is 35.5. The largest absolute Gasteiger partial charge is 0.497 e. The third-order valence-electron chi connectivity index (χ3n) is 3.28. The van der Waals surface area contributed by atoms with E-state index in [-0.39, 0.29) is 14.3 Å². The molecule has 3 rings (SSSR count). The second-order valence-corrected chi connectivity index (χ2v) is 8.81. The van der Waals surface area contributed by atoms with Crippen molar-refractivity contribution >= 4 is 55.2 Å². The predicted molar refractivity (Wildman–Crippen MR) is 100 cm³/mol. The van der Waals surface area contributed by atoms with E-state index in [0.717, 1.165) is 17.0 Å². The van der Waals surface area contributed by atoms with Crippen LogP contribution >= 0.6 is 34.5 Å². The molecule has 1 aromatic heterocycles. The van der Waals surface area contributed by atoms with E-state index < -0.39 is 9.84 Å². The number of nitrogens with one attached hydrogen (secondary N) is 1. The molecular formula is C16H12Cl2N2O3S2. The predicted octanol–water partition coefficient (Wildman–Crippen LogP) is 5.03. The van der Waals surface area contributed by atoms with Crippen molar-refractivity contribution in [2.24, 2.45) is 0 Å². The van der Waals surface area contributed by atoms with Gasteiger partial charge in [0, 0.05) is 10.7 Å². The highest BCUT2D eigenvalue weighted by Crippen LogP contribution is 2.36. The molecule has 25 heavy (non-hydrogen) atoms. The minimum atomic E-state index is -3.82. The van der Waals surface area contributed by atoms with Gasteiger partial charge in [0.1, 0.15) is 10.1 Å². The van der Waals surface area contributed by atoms with E-state index in [1.807, 2.05) is 0 Å². The summed E-state index contributed by atoms with van der Waals surface area (Å²) in [6.45, 7) is 0. The Bertz CT molecular complexity index is 985. The molecule has 0 radical (unpaired) electrons. The van der Waals surface area contributed by atoms with Gasteiger partial charge in [-0.25, -0.2) is 13.4 Å². The number of nitrogens with zero attached hydrogens (tertiary/aromatic N) is 1. The molecule has 1 heterocycles. The first-order valence-electron chi connectivity index (χ1n) is 6.98. The standard InChI is InChI=1S/C16H12Cl2N2O3S2/c1-23-12-6-4-11(5-7-12)19-16-20-15(14(18)24-16)25(21,22)13-8-2-10(17)3-9-13/h2-9H,1H3,(H,19,20). The lowest BCUT2D eigenvalue weighted by Gasteiger charge is -2.04. The van der Waals surface area contributed by atoms with Gasteiger partial charge in [0.15, 0.2) is 10.2 Å². The molecule has 0 bridgehead atoms. The van der Waals surface area contributed by atoms with Crippen molar-refractivity contribution < 1.29 is 13.2 Å². The topological polar surface area (TPSA) is 68.3 Å². The van der Waals surface area contributed by atoms with Crippen LogP contribution < -0.4 is 10.1 Å². The van der Waals surface area contributed by atoms with Crippen molar-refractivity contribution in [1.82, 2.24) is 4.98 Å². The number of benzene rings is 2. The smallest absolute Gasteiger partial charge is 0.226 e. The fourth-order valence-electron chi connectivity index (χ4n) is 2.03. The van der Waals surface area contributed by atoms with Crippen LogP contribution in [0.3, 0.4) is 0 Å². The van der Waals surface area contributed by atoms with Crippen molar-refractivity contribution in [1.29, 1.82) is 0 Å². The summed E-state index contributed by atoms with van der Waals surface area (Å²) in [5.41, 5.74) is 0.738. The van der Waals surface area contributed by atoms with Gasteiger partial charge in [-0.3, -0.25) is 0 Å². The Morgan fingerprint density at radius 2 is 1.68 bits per heavy atom. The summed E-state index contributed by atoms with van der Waals surface area (Å²) in [6.07, 6.45) is 0. The number of hydrogen-bond acceptors (Lipinski definition) is 6. The van der Waals surface area contributed by atoms with E-state index >= 15 is 0 Å². The molecule has 5 nitrogen and oxygen atoms in total. The first kappa shape index (κ1) is 18.0. The number of rotatable bonds is 5. The van der Waals surface area contributed by atoms with Crippen LogP contribution in [0.4, 0.5) is 10.8 Å². The summed E-state index contributed by atoms with van der Waals surface area (Å²) >= 11 is 13.0. The lowest BCUT2D eigenvalue weighted by molar-refractivity contribution is 0.415. The van der Waals surface area contributed by atoms with Crippen LogP contribution in [0.25, 0.3) is 0 Å². The van der Waals surface area contributed by atoms with Gasteiger partial charge in [-0.1, -0.05) is 34.5 Å². The van der Waals surface area contributed by atoms with Gasteiger partial charge in [-0.15, -0.1) is 0 Å². The number of anilines is 2. The third-order valence-corrected chi connectivity index (χ3v) is 6.64. The summed E-state index contributed by atoms with van der Waals surface area (Å²) in [6, 6.07) is 13.0. The molecule has 0 saturated carbocycles. The number of thiazole rings is 1. The first-order valence-corrected chi connectivity index (χ1v) is 10.0. The van der Waals surface area contributed by atoms with Crippen molar-refractivity contribution in [3.8, 4) is 5.75 Å². The molecule has 2 aromatic carbocycles. The quantitative estimate of drug-likeness (QED) is 0.633. The summed E-state index contributed by atoms with van der Waals surface area (Å²) < 4.78 is 30.6. The Morgan fingerprint density at radius 1 is 1.04 bits per heavy atom. The van der Waals surface area contributed by atoms with Crippen LogP contribution in [-0.4, -0.2) is 20.5 Å². The minimum Gasteiger partial charge on any atom is -0.497 e. The maximum Gasteiger partial charge on any atom is 0.226 e. The summed E-state index contributed by atoms with van der Waals surface area (Å²) in [5.74, 6) is 0.716. The fraction of sp³-hybridized carbons (Fsp3) is 0.0625. The third kappa shape index (κ3) is 3.90. The second kappa shape index (κ2) is 7.21. The molecule has 0 aliphatic rings. The first-order chi connectivity index (χ1) is 11.9. The van der Waals surface area contributed by atoms with Crippen molar-refractivity contribution in [3.63, 3.8) is 0 Å². The summed E-state index contributed by atoms with van der Waals surface area (Å²) in [7, 11) is -2.24. The van der Waals surface area contributed by atoms with Crippen molar-refractivity contribution in [3.05, 3.63) is 57.9 Å². The van der Waals surface area contributed by atoms with Crippen LogP contribution in [0.5, 0.6) is 5.75 Å². The van der Waals surface area contributed by atoms with Crippen LogP contribution in [0.2, 0.25) is 9.36 Å². The Hall–Kier alpha value is -1.80. The van der Waals surface area contributed by atoms with E-state index in [9.17, 15) is 8.42 Å². The Morgan fingerprint density at radius 3 is 2.28 bits per heavy atom. The average Bonchev–Trinajstić information content (AvgIpc) is 2.97. The van der Waals surface area contributed by atoms with Crippen molar-refractivity contribution in [2.45, 2.75) is 9.92 Å². The lowest BCUT2D eigenvalue weighted by Crippen LogP contribution is -2.03. The van der Waals surface area contributed by atoms with Crippen LogP contribution in [0.1, 0.15) is 0 Å². The van der Waals surface area contributed by atoms with E-state index in [1.54, 1.807) is 31.4 Å². The molecule has 0 amide bonds. The number of aromatic nitrogens is 1. The van der Waals surface area contributed by atoms with Gasteiger partial charge in [-0.05, 0) is 48.5 Å². The molecule has 9 heteroatoms. The molecule has 0 spiro atoms.